The number of aromatic amines is 1. The molecule has 0 bridgehead atoms. The Balaban J connectivity index is 1.84. The Kier molecular flexibility index (Phi) is 4.49. The summed E-state index contributed by atoms with van der Waals surface area (Å²) in [5.41, 5.74) is 3.37. The molecule has 2 rings (SSSR count). The molecule has 0 spiro atoms. The van der Waals surface area contributed by atoms with Crippen LogP contribution in [0.2, 0.25) is 0 Å². The maximum Gasteiger partial charge on any atom is 0.255 e. The van der Waals surface area contributed by atoms with Gasteiger partial charge in [0.25, 0.3) is 5.88 Å². The van der Waals surface area contributed by atoms with Crippen molar-refractivity contribution in [2.24, 2.45) is 0 Å². The van der Waals surface area contributed by atoms with E-state index in [2.05, 4.69) is 25.5 Å². The first-order chi connectivity index (χ1) is 9.61. The molecule has 2 aromatic heterocycles. The lowest BCUT2D eigenvalue weighted by molar-refractivity contribution is 0.368. The van der Waals surface area contributed by atoms with E-state index in [4.69, 9.17) is 4.74 Å². The van der Waals surface area contributed by atoms with Gasteiger partial charge in [0, 0.05) is 12.2 Å². The Morgan fingerprint density at radius 2 is 2.20 bits per heavy atom. The Morgan fingerprint density at radius 3 is 2.85 bits per heavy atom. The van der Waals surface area contributed by atoms with Gasteiger partial charge in [-0.15, -0.1) is 0 Å². The van der Waals surface area contributed by atoms with Gasteiger partial charge in [-0.1, -0.05) is 0 Å². The number of nitrogens with zero attached hydrogens (tertiary/aromatic N) is 3. The standard InChI is InChI=1S/C13H18FN5O/c1-8-10(9(2)19-18-8)5-4-6-15-13-16-7-11(14)12(17-13)20-3/h7H,4-6H2,1-3H3,(H,18,19)(H,15,16,17). The van der Waals surface area contributed by atoms with E-state index in [1.807, 2.05) is 13.8 Å². The average Bonchev–Trinajstić information content (AvgIpc) is 2.76. The molecule has 108 valence electrons. The predicted molar refractivity (Wildman–Crippen MR) is 73.4 cm³/mol. The summed E-state index contributed by atoms with van der Waals surface area (Å²) in [6, 6.07) is 0. The van der Waals surface area contributed by atoms with Crippen molar-refractivity contribution in [2.45, 2.75) is 26.7 Å². The van der Waals surface area contributed by atoms with E-state index in [-0.39, 0.29) is 5.88 Å². The summed E-state index contributed by atoms with van der Waals surface area (Å²) in [7, 11) is 1.37. The number of aryl methyl sites for hydroxylation is 2. The number of aromatic nitrogens is 4. The molecule has 7 heteroatoms. The van der Waals surface area contributed by atoms with Gasteiger partial charge >= 0.3 is 0 Å². The van der Waals surface area contributed by atoms with Gasteiger partial charge in [0.05, 0.1) is 19.0 Å². The second-order valence-corrected chi connectivity index (χ2v) is 4.49. The average molecular weight is 279 g/mol. The lowest BCUT2D eigenvalue weighted by Gasteiger charge is -2.06. The predicted octanol–water partition coefficient (Wildman–Crippen LogP) is 2.01. The summed E-state index contributed by atoms with van der Waals surface area (Å²) >= 11 is 0. The molecule has 2 N–H and O–H groups in total. The summed E-state index contributed by atoms with van der Waals surface area (Å²) in [5.74, 6) is -0.254. The third kappa shape index (κ3) is 3.23. The summed E-state index contributed by atoms with van der Waals surface area (Å²) in [4.78, 5) is 7.78. The Labute approximate surface area is 116 Å². The van der Waals surface area contributed by atoms with Crippen LogP contribution >= 0.6 is 0 Å². The molecule has 0 amide bonds. The maximum absolute atomic E-state index is 13.1. The molecular formula is C13H18FN5O. The van der Waals surface area contributed by atoms with E-state index in [0.29, 0.717) is 12.5 Å². The number of methoxy groups -OCH3 is 1. The van der Waals surface area contributed by atoms with Crippen molar-refractivity contribution in [3.05, 3.63) is 29.0 Å². The molecule has 6 nitrogen and oxygen atoms in total. The zero-order chi connectivity index (χ0) is 14.5. The van der Waals surface area contributed by atoms with E-state index in [0.717, 1.165) is 30.4 Å². The monoisotopic (exact) mass is 279 g/mol. The third-order valence-corrected chi connectivity index (χ3v) is 3.07. The van der Waals surface area contributed by atoms with Gasteiger partial charge in [-0.05, 0) is 32.3 Å². The van der Waals surface area contributed by atoms with Crippen molar-refractivity contribution in [3.8, 4) is 5.88 Å². The molecule has 0 saturated heterocycles. The maximum atomic E-state index is 13.1. The fraction of sp³-hybridized carbons (Fsp3) is 0.462. The van der Waals surface area contributed by atoms with Crippen LogP contribution in [0.5, 0.6) is 5.88 Å². The topological polar surface area (TPSA) is 75.7 Å². The minimum absolute atomic E-state index is 0.0518. The molecule has 2 heterocycles. The van der Waals surface area contributed by atoms with E-state index < -0.39 is 5.82 Å². The van der Waals surface area contributed by atoms with Crippen LogP contribution in [0.3, 0.4) is 0 Å². The highest BCUT2D eigenvalue weighted by atomic mass is 19.1. The highest BCUT2D eigenvalue weighted by Gasteiger charge is 2.08. The second-order valence-electron chi connectivity index (χ2n) is 4.49. The normalized spacial score (nSPS) is 10.6. The lowest BCUT2D eigenvalue weighted by Crippen LogP contribution is -2.08. The summed E-state index contributed by atoms with van der Waals surface area (Å²) < 4.78 is 17.9. The van der Waals surface area contributed by atoms with Crippen molar-refractivity contribution < 1.29 is 9.13 Å². The van der Waals surface area contributed by atoms with Crippen LogP contribution < -0.4 is 10.1 Å². The van der Waals surface area contributed by atoms with E-state index in [1.54, 1.807) is 0 Å². The molecule has 0 saturated carbocycles. The Morgan fingerprint density at radius 1 is 1.40 bits per heavy atom. The first-order valence-electron chi connectivity index (χ1n) is 6.42. The second kappa shape index (κ2) is 6.31. The molecule has 0 atom stereocenters. The smallest absolute Gasteiger partial charge is 0.255 e. The molecule has 0 aliphatic rings. The van der Waals surface area contributed by atoms with E-state index in [9.17, 15) is 4.39 Å². The number of hydrogen-bond acceptors (Lipinski definition) is 5. The van der Waals surface area contributed by atoms with Crippen LogP contribution in [0, 0.1) is 19.7 Å². The highest BCUT2D eigenvalue weighted by Crippen LogP contribution is 2.14. The zero-order valence-electron chi connectivity index (χ0n) is 11.8. The molecule has 0 aliphatic heterocycles. The first-order valence-corrected chi connectivity index (χ1v) is 6.42. The van der Waals surface area contributed by atoms with Crippen LogP contribution in [0.15, 0.2) is 6.20 Å². The number of H-pyrrole nitrogens is 1. The number of ether oxygens (including phenoxy) is 1. The fourth-order valence-corrected chi connectivity index (χ4v) is 1.99. The molecule has 2 aromatic rings. The van der Waals surface area contributed by atoms with Gasteiger partial charge in [0.15, 0.2) is 0 Å². The third-order valence-electron chi connectivity index (χ3n) is 3.07. The summed E-state index contributed by atoms with van der Waals surface area (Å²) in [6.07, 6.45) is 2.92. The molecule has 0 fully saturated rings. The number of rotatable bonds is 6. The van der Waals surface area contributed by atoms with Gasteiger partial charge in [-0.3, -0.25) is 5.10 Å². The van der Waals surface area contributed by atoms with Gasteiger partial charge in [-0.2, -0.15) is 14.5 Å². The van der Waals surface area contributed by atoms with Gasteiger partial charge in [0.2, 0.25) is 11.8 Å². The van der Waals surface area contributed by atoms with E-state index in [1.165, 1.54) is 12.7 Å². The van der Waals surface area contributed by atoms with Crippen molar-refractivity contribution in [3.63, 3.8) is 0 Å². The zero-order valence-corrected chi connectivity index (χ0v) is 11.8. The van der Waals surface area contributed by atoms with Crippen LogP contribution in [-0.4, -0.2) is 33.8 Å². The Hall–Kier alpha value is -2.18. The molecule has 20 heavy (non-hydrogen) atoms. The molecule has 0 unspecified atom stereocenters. The molecular weight excluding hydrogens is 261 g/mol. The van der Waals surface area contributed by atoms with Crippen LogP contribution in [-0.2, 0) is 6.42 Å². The molecule has 0 aliphatic carbocycles. The van der Waals surface area contributed by atoms with Crippen molar-refractivity contribution in [1.29, 1.82) is 0 Å². The van der Waals surface area contributed by atoms with Crippen LogP contribution in [0.4, 0.5) is 10.3 Å². The summed E-state index contributed by atoms with van der Waals surface area (Å²) in [5, 5.41) is 10.2. The van der Waals surface area contributed by atoms with Gasteiger partial charge in [-0.25, -0.2) is 4.98 Å². The first kappa shape index (κ1) is 14.2. The van der Waals surface area contributed by atoms with Crippen LogP contribution in [0.25, 0.3) is 0 Å². The quantitative estimate of drug-likeness (QED) is 0.791. The number of hydrogen-bond donors (Lipinski definition) is 2. The number of anilines is 1. The number of nitrogens with one attached hydrogen (secondary N) is 2. The largest absolute Gasteiger partial charge is 0.479 e. The van der Waals surface area contributed by atoms with Gasteiger partial charge < -0.3 is 10.1 Å². The fourth-order valence-electron chi connectivity index (χ4n) is 1.99. The molecule has 0 aromatic carbocycles. The Bertz CT molecular complexity index is 565. The minimum atomic E-state index is -0.567. The van der Waals surface area contributed by atoms with Crippen molar-refractivity contribution in [2.75, 3.05) is 19.0 Å². The minimum Gasteiger partial charge on any atom is -0.479 e. The highest BCUT2D eigenvalue weighted by molar-refractivity contribution is 5.28. The van der Waals surface area contributed by atoms with E-state index >= 15 is 0 Å². The summed E-state index contributed by atoms with van der Waals surface area (Å²) in [6.45, 7) is 4.69. The SMILES string of the molecule is COc1nc(NCCCc2c(C)n[nH]c2C)ncc1F. The van der Waals surface area contributed by atoms with Crippen molar-refractivity contribution >= 4 is 5.95 Å². The van der Waals surface area contributed by atoms with Crippen molar-refractivity contribution in [1.82, 2.24) is 20.2 Å². The van der Waals surface area contributed by atoms with Gasteiger partial charge in [0.1, 0.15) is 0 Å². The molecule has 0 radical (unpaired) electrons. The lowest BCUT2D eigenvalue weighted by atomic mass is 10.1. The van der Waals surface area contributed by atoms with Crippen LogP contribution in [0.1, 0.15) is 23.4 Å². The number of halogens is 1.